The van der Waals surface area contributed by atoms with Crippen molar-refractivity contribution in [1.29, 1.82) is 0 Å². The van der Waals surface area contributed by atoms with Crippen LogP contribution in [0.15, 0.2) is 18.2 Å². The van der Waals surface area contributed by atoms with E-state index in [1.807, 2.05) is 6.92 Å². The zero-order valence-electron chi connectivity index (χ0n) is 10.9. The van der Waals surface area contributed by atoms with Crippen LogP contribution in [0, 0.1) is 0 Å². The molecule has 100 valence electrons. The second-order valence-corrected chi connectivity index (χ2v) is 5.13. The minimum atomic E-state index is -0.0207. The number of phenolic OH excluding ortho intramolecular Hbond substituents is 2. The summed E-state index contributed by atoms with van der Waals surface area (Å²) in [6.07, 6.45) is 3.40. The molecule has 1 aromatic rings. The monoisotopic (exact) mass is 251 g/mol. The quantitative estimate of drug-likeness (QED) is 0.751. The Morgan fingerprint density at radius 3 is 2.33 bits per heavy atom. The lowest BCUT2D eigenvalue weighted by atomic mass is 9.80. The minimum Gasteiger partial charge on any atom is -0.508 e. The first kappa shape index (κ1) is 13.2. The van der Waals surface area contributed by atoms with E-state index in [2.05, 4.69) is 5.32 Å². The fourth-order valence-electron chi connectivity index (χ4n) is 2.35. The van der Waals surface area contributed by atoms with Gasteiger partial charge in [-0.05, 0) is 43.9 Å². The highest BCUT2D eigenvalue weighted by molar-refractivity contribution is 5.37. The molecule has 1 aromatic carbocycles. The minimum absolute atomic E-state index is 0.0207. The molecule has 0 amide bonds. The van der Waals surface area contributed by atoms with Gasteiger partial charge in [-0.3, -0.25) is 0 Å². The van der Waals surface area contributed by atoms with Crippen LogP contribution in [0.1, 0.15) is 37.8 Å². The number of hydrogen-bond donors (Lipinski definition) is 3. The first-order valence-electron chi connectivity index (χ1n) is 6.36. The number of benzene rings is 1. The van der Waals surface area contributed by atoms with Gasteiger partial charge in [-0.2, -0.15) is 0 Å². The second-order valence-electron chi connectivity index (χ2n) is 5.13. The molecule has 4 nitrogen and oxygen atoms in total. The van der Waals surface area contributed by atoms with Gasteiger partial charge in [-0.25, -0.2) is 0 Å². The van der Waals surface area contributed by atoms with Gasteiger partial charge < -0.3 is 20.3 Å². The summed E-state index contributed by atoms with van der Waals surface area (Å²) in [5, 5.41) is 22.3. The lowest BCUT2D eigenvalue weighted by Crippen LogP contribution is -2.48. The van der Waals surface area contributed by atoms with E-state index in [0.29, 0.717) is 0 Å². The Labute approximate surface area is 108 Å². The summed E-state index contributed by atoms with van der Waals surface area (Å²) in [7, 11) is 1.76. The molecule has 1 aliphatic carbocycles. The molecule has 0 radical (unpaired) electrons. The average Bonchev–Trinajstić information content (AvgIpc) is 2.26. The van der Waals surface area contributed by atoms with Crippen molar-refractivity contribution in [3.8, 4) is 11.5 Å². The first-order chi connectivity index (χ1) is 8.54. The van der Waals surface area contributed by atoms with Crippen molar-refractivity contribution in [1.82, 2.24) is 5.32 Å². The molecule has 1 unspecified atom stereocenters. The van der Waals surface area contributed by atoms with Crippen LogP contribution in [0.5, 0.6) is 11.5 Å². The fraction of sp³-hybridized carbons (Fsp3) is 0.571. The van der Waals surface area contributed by atoms with Gasteiger partial charge >= 0.3 is 0 Å². The Kier molecular flexibility index (Phi) is 3.78. The average molecular weight is 251 g/mol. The molecule has 1 saturated carbocycles. The lowest BCUT2D eigenvalue weighted by molar-refractivity contribution is -0.0706. The molecule has 1 aliphatic rings. The Morgan fingerprint density at radius 1 is 1.28 bits per heavy atom. The topological polar surface area (TPSA) is 61.7 Å². The Bertz CT molecular complexity index is 390. The van der Waals surface area contributed by atoms with Crippen molar-refractivity contribution in [3.05, 3.63) is 23.8 Å². The predicted molar refractivity (Wildman–Crippen MR) is 69.8 cm³/mol. The molecule has 1 atom stereocenters. The standard InChI is InChI=1S/C14H21NO3/c1-10(11-6-12(16)8-13(17)7-11)15-9-14(18-2)4-3-5-14/h6-8,10,15-17H,3-5,9H2,1-2H3. The smallest absolute Gasteiger partial charge is 0.119 e. The molecule has 4 heteroatoms. The third-order valence-electron chi connectivity index (χ3n) is 3.85. The molecular weight excluding hydrogens is 230 g/mol. The maximum absolute atomic E-state index is 9.46. The number of phenols is 2. The summed E-state index contributed by atoms with van der Waals surface area (Å²) in [6, 6.07) is 4.73. The van der Waals surface area contributed by atoms with Crippen molar-refractivity contribution in [2.75, 3.05) is 13.7 Å². The van der Waals surface area contributed by atoms with Crippen LogP contribution >= 0.6 is 0 Å². The zero-order chi connectivity index (χ0) is 13.2. The van der Waals surface area contributed by atoms with E-state index in [1.165, 1.54) is 12.5 Å². The molecule has 0 heterocycles. The van der Waals surface area contributed by atoms with Gasteiger partial charge in [-0.1, -0.05) is 0 Å². The summed E-state index contributed by atoms with van der Waals surface area (Å²) >= 11 is 0. The van der Waals surface area contributed by atoms with Crippen LogP contribution < -0.4 is 5.32 Å². The van der Waals surface area contributed by atoms with E-state index >= 15 is 0 Å². The third kappa shape index (κ3) is 2.76. The number of aromatic hydroxyl groups is 2. The molecule has 0 spiro atoms. The van der Waals surface area contributed by atoms with Crippen molar-refractivity contribution in [2.24, 2.45) is 0 Å². The fourth-order valence-corrected chi connectivity index (χ4v) is 2.35. The Balaban J connectivity index is 1.96. The summed E-state index contributed by atoms with van der Waals surface area (Å²) in [4.78, 5) is 0. The molecule has 1 fully saturated rings. The first-order valence-corrected chi connectivity index (χ1v) is 6.36. The Hall–Kier alpha value is -1.26. The summed E-state index contributed by atoms with van der Waals surface area (Å²) < 4.78 is 5.55. The van der Waals surface area contributed by atoms with Crippen LogP contribution in [0.25, 0.3) is 0 Å². The highest BCUT2D eigenvalue weighted by Crippen LogP contribution is 2.35. The molecule has 18 heavy (non-hydrogen) atoms. The van der Waals surface area contributed by atoms with E-state index < -0.39 is 0 Å². The van der Waals surface area contributed by atoms with Gasteiger partial charge in [0.2, 0.25) is 0 Å². The Morgan fingerprint density at radius 2 is 1.89 bits per heavy atom. The number of nitrogens with one attached hydrogen (secondary N) is 1. The van der Waals surface area contributed by atoms with Crippen molar-refractivity contribution in [3.63, 3.8) is 0 Å². The molecule has 0 aliphatic heterocycles. The predicted octanol–water partition coefficient (Wildman–Crippen LogP) is 2.32. The van der Waals surface area contributed by atoms with Crippen molar-refractivity contribution in [2.45, 2.75) is 37.8 Å². The molecular formula is C14H21NO3. The van der Waals surface area contributed by atoms with Gasteiger partial charge in [-0.15, -0.1) is 0 Å². The van der Waals surface area contributed by atoms with Gasteiger partial charge in [0, 0.05) is 25.8 Å². The van der Waals surface area contributed by atoms with Gasteiger partial charge in [0.25, 0.3) is 0 Å². The summed E-state index contributed by atoms with van der Waals surface area (Å²) in [5.74, 6) is 0.174. The number of rotatable bonds is 5. The molecule has 0 aromatic heterocycles. The van der Waals surface area contributed by atoms with E-state index in [1.54, 1.807) is 19.2 Å². The highest BCUT2D eigenvalue weighted by Gasteiger charge is 2.36. The van der Waals surface area contributed by atoms with Crippen LogP contribution in [0.4, 0.5) is 0 Å². The maximum Gasteiger partial charge on any atom is 0.119 e. The SMILES string of the molecule is COC1(CNC(C)c2cc(O)cc(O)c2)CCC1. The van der Waals surface area contributed by atoms with E-state index in [4.69, 9.17) is 4.74 Å². The zero-order valence-corrected chi connectivity index (χ0v) is 10.9. The highest BCUT2D eigenvalue weighted by atomic mass is 16.5. The van der Waals surface area contributed by atoms with E-state index in [-0.39, 0.29) is 23.1 Å². The normalized spacial score (nSPS) is 19.2. The molecule has 3 N–H and O–H groups in total. The number of ether oxygens (including phenoxy) is 1. The maximum atomic E-state index is 9.46. The summed E-state index contributed by atoms with van der Waals surface area (Å²) in [6.45, 7) is 2.80. The number of hydrogen-bond acceptors (Lipinski definition) is 4. The van der Waals surface area contributed by atoms with Crippen LogP contribution in [0.3, 0.4) is 0 Å². The van der Waals surface area contributed by atoms with Gasteiger partial charge in [0.1, 0.15) is 11.5 Å². The second kappa shape index (κ2) is 5.16. The lowest BCUT2D eigenvalue weighted by Gasteiger charge is -2.41. The van der Waals surface area contributed by atoms with Gasteiger partial charge in [0.15, 0.2) is 0 Å². The largest absolute Gasteiger partial charge is 0.508 e. The third-order valence-corrected chi connectivity index (χ3v) is 3.85. The van der Waals surface area contributed by atoms with Crippen LogP contribution in [-0.4, -0.2) is 29.5 Å². The summed E-state index contributed by atoms with van der Waals surface area (Å²) in [5.41, 5.74) is 0.853. The van der Waals surface area contributed by atoms with Gasteiger partial charge in [0.05, 0.1) is 5.60 Å². The molecule has 0 bridgehead atoms. The van der Waals surface area contributed by atoms with E-state index in [0.717, 1.165) is 24.9 Å². The van der Waals surface area contributed by atoms with Crippen molar-refractivity contribution >= 4 is 0 Å². The van der Waals surface area contributed by atoms with Crippen LogP contribution in [-0.2, 0) is 4.74 Å². The van der Waals surface area contributed by atoms with Crippen LogP contribution in [0.2, 0.25) is 0 Å². The van der Waals surface area contributed by atoms with Crippen molar-refractivity contribution < 1.29 is 14.9 Å². The van der Waals surface area contributed by atoms with E-state index in [9.17, 15) is 10.2 Å². The number of methoxy groups -OCH3 is 1. The molecule has 2 rings (SSSR count). The molecule has 0 saturated heterocycles.